The number of fused-ring (bicyclic) bond motifs is 1. The minimum atomic E-state index is -1.19. The summed E-state index contributed by atoms with van der Waals surface area (Å²) in [6, 6.07) is 19.1. The van der Waals surface area contributed by atoms with Crippen LogP contribution in [0.15, 0.2) is 71.6 Å². The second-order valence-corrected chi connectivity index (χ2v) is 8.45. The van der Waals surface area contributed by atoms with Gasteiger partial charge < -0.3 is 20.1 Å². The molecule has 2 amide bonds. The van der Waals surface area contributed by atoms with Gasteiger partial charge >= 0.3 is 5.97 Å². The Hall–Kier alpha value is -3.78. The van der Waals surface area contributed by atoms with Gasteiger partial charge in [-0.3, -0.25) is 9.59 Å². The first kappa shape index (κ1) is 22.4. The van der Waals surface area contributed by atoms with Crippen LogP contribution in [0.5, 0.6) is 5.75 Å². The highest BCUT2D eigenvalue weighted by atomic mass is 32.2. The standard InChI is InChI=1S/C25H22N2O5S/c1-15-8-10-20(31-2)18(12-15)27-24(29)23(16-6-4-3-5-7-16)32-25(30)17-9-11-21-19(13-17)26-22(28)14-33-21/h3-13,23H,14H2,1-2H3,(H,26,28)(H,27,29). The van der Waals surface area contributed by atoms with E-state index in [0.29, 0.717) is 28.4 Å². The van der Waals surface area contributed by atoms with Gasteiger partial charge in [0.1, 0.15) is 5.75 Å². The lowest BCUT2D eigenvalue weighted by atomic mass is 10.1. The number of carbonyl (C=O) groups excluding carboxylic acids is 3. The third kappa shape index (κ3) is 5.18. The van der Waals surface area contributed by atoms with Crippen molar-refractivity contribution in [2.24, 2.45) is 0 Å². The Morgan fingerprint density at radius 1 is 1.06 bits per heavy atom. The van der Waals surface area contributed by atoms with Gasteiger partial charge in [-0.1, -0.05) is 36.4 Å². The van der Waals surface area contributed by atoms with Crippen molar-refractivity contribution in [3.63, 3.8) is 0 Å². The fourth-order valence-electron chi connectivity index (χ4n) is 3.40. The van der Waals surface area contributed by atoms with E-state index in [4.69, 9.17) is 9.47 Å². The van der Waals surface area contributed by atoms with Crippen molar-refractivity contribution in [2.75, 3.05) is 23.5 Å². The number of benzene rings is 3. The van der Waals surface area contributed by atoms with Crippen molar-refractivity contribution in [3.05, 3.63) is 83.4 Å². The van der Waals surface area contributed by atoms with E-state index in [1.807, 2.05) is 19.1 Å². The average Bonchev–Trinajstić information content (AvgIpc) is 2.82. The summed E-state index contributed by atoms with van der Waals surface area (Å²) in [6.07, 6.45) is -1.19. The maximum atomic E-state index is 13.2. The zero-order chi connectivity index (χ0) is 23.4. The van der Waals surface area contributed by atoms with Crippen molar-refractivity contribution in [1.29, 1.82) is 0 Å². The number of carbonyl (C=O) groups is 3. The van der Waals surface area contributed by atoms with Gasteiger partial charge in [-0.2, -0.15) is 0 Å². The number of anilines is 2. The van der Waals surface area contributed by atoms with Crippen molar-refractivity contribution in [3.8, 4) is 5.75 Å². The van der Waals surface area contributed by atoms with Crippen molar-refractivity contribution in [1.82, 2.24) is 0 Å². The number of thioether (sulfide) groups is 1. The average molecular weight is 463 g/mol. The molecular weight excluding hydrogens is 440 g/mol. The highest BCUT2D eigenvalue weighted by Gasteiger charge is 2.27. The van der Waals surface area contributed by atoms with Crippen LogP contribution in [0.4, 0.5) is 11.4 Å². The van der Waals surface area contributed by atoms with Gasteiger partial charge in [0.25, 0.3) is 5.91 Å². The van der Waals surface area contributed by atoms with E-state index in [1.54, 1.807) is 54.6 Å². The molecule has 0 aliphatic carbocycles. The van der Waals surface area contributed by atoms with Crippen molar-refractivity contribution < 1.29 is 23.9 Å². The number of amides is 2. The quantitative estimate of drug-likeness (QED) is 0.521. The Kier molecular flexibility index (Phi) is 6.65. The second-order valence-electron chi connectivity index (χ2n) is 7.44. The van der Waals surface area contributed by atoms with E-state index in [9.17, 15) is 14.4 Å². The highest BCUT2D eigenvalue weighted by molar-refractivity contribution is 8.00. The largest absolute Gasteiger partial charge is 0.495 e. The lowest BCUT2D eigenvalue weighted by molar-refractivity contribution is -0.125. The number of rotatable bonds is 6. The Labute approximate surface area is 195 Å². The molecule has 0 bridgehead atoms. The topological polar surface area (TPSA) is 93.7 Å². The van der Waals surface area contributed by atoms with Crippen LogP contribution in [-0.2, 0) is 14.3 Å². The fraction of sp³-hybridized carbons (Fsp3) is 0.160. The molecule has 1 atom stereocenters. The van der Waals surface area contributed by atoms with Crippen LogP contribution in [0.3, 0.4) is 0 Å². The van der Waals surface area contributed by atoms with Crippen LogP contribution in [0.2, 0.25) is 0 Å². The molecule has 168 valence electrons. The molecule has 7 nitrogen and oxygen atoms in total. The van der Waals surface area contributed by atoms with Crippen LogP contribution in [-0.4, -0.2) is 30.6 Å². The van der Waals surface area contributed by atoms with E-state index in [2.05, 4.69) is 10.6 Å². The first-order valence-electron chi connectivity index (χ1n) is 10.2. The van der Waals surface area contributed by atoms with Crippen LogP contribution in [0, 0.1) is 6.92 Å². The molecule has 0 aromatic heterocycles. The smallest absolute Gasteiger partial charge is 0.339 e. The third-order valence-electron chi connectivity index (χ3n) is 5.03. The van der Waals surface area contributed by atoms with Gasteiger partial charge in [0.15, 0.2) is 0 Å². The number of methoxy groups -OCH3 is 1. The lowest BCUT2D eigenvalue weighted by Gasteiger charge is -2.20. The molecule has 1 unspecified atom stereocenters. The van der Waals surface area contributed by atoms with Crippen LogP contribution >= 0.6 is 11.8 Å². The molecule has 1 aliphatic rings. The Morgan fingerprint density at radius 3 is 2.61 bits per heavy atom. The predicted octanol–water partition coefficient (Wildman–Crippen LogP) is 4.58. The zero-order valence-corrected chi connectivity index (χ0v) is 18.9. The van der Waals surface area contributed by atoms with Crippen molar-refractivity contribution >= 4 is 40.9 Å². The summed E-state index contributed by atoms with van der Waals surface area (Å²) in [4.78, 5) is 38.8. The van der Waals surface area contributed by atoms with E-state index < -0.39 is 18.0 Å². The van der Waals surface area contributed by atoms with Gasteiger partial charge in [0, 0.05) is 10.5 Å². The third-order valence-corrected chi connectivity index (χ3v) is 6.10. The van der Waals surface area contributed by atoms with Crippen molar-refractivity contribution in [2.45, 2.75) is 17.9 Å². The molecule has 3 aromatic rings. The van der Waals surface area contributed by atoms with Crippen LogP contribution in [0.1, 0.15) is 27.6 Å². The van der Waals surface area contributed by atoms with Crippen LogP contribution in [0.25, 0.3) is 0 Å². The molecule has 8 heteroatoms. The summed E-state index contributed by atoms with van der Waals surface area (Å²) >= 11 is 1.40. The molecular formula is C25H22N2O5S. The summed E-state index contributed by atoms with van der Waals surface area (Å²) in [7, 11) is 1.52. The van der Waals surface area contributed by atoms with E-state index in [1.165, 1.54) is 18.9 Å². The van der Waals surface area contributed by atoms with Gasteiger partial charge in [0.05, 0.1) is 29.8 Å². The van der Waals surface area contributed by atoms with Gasteiger partial charge in [-0.25, -0.2) is 4.79 Å². The fourth-order valence-corrected chi connectivity index (χ4v) is 4.19. The molecule has 1 heterocycles. The number of esters is 1. The molecule has 3 aromatic carbocycles. The molecule has 0 radical (unpaired) electrons. The zero-order valence-electron chi connectivity index (χ0n) is 18.1. The summed E-state index contributed by atoms with van der Waals surface area (Å²) in [5, 5.41) is 5.56. The van der Waals surface area contributed by atoms with Gasteiger partial charge in [-0.05, 0) is 42.8 Å². The van der Waals surface area contributed by atoms with E-state index in [-0.39, 0.29) is 11.5 Å². The number of ether oxygens (including phenoxy) is 2. The Bertz CT molecular complexity index is 1210. The summed E-state index contributed by atoms with van der Waals surface area (Å²) < 4.78 is 11.0. The Morgan fingerprint density at radius 2 is 1.85 bits per heavy atom. The summed E-state index contributed by atoms with van der Waals surface area (Å²) in [6.45, 7) is 1.90. The molecule has 33 heavy (non-hydrogen) atoms. The first-order valence-corrected chi connectivity index (χ1v) is 11.2. The molecule has 0 saturated carbocycles. The normalized spacial score (nSPS) is 13.3. The highest BCUT2D eigenvalue weighted by Crippen LogP contribution is 2.33. The summed E-state index contributed by atoms with van der Waals surface area (Å²) in [5.41, 5.74) is 2.73. The SMILES string of the molecule is COc1ccc(C)cc1NC(=O)C(OC(=O)c1ccc2c(c1)NC(=O)CS2)c1ccccc1. The number of aryl methyl sites for hydroxylation is 1. The minimum absolute atomic E-state index is 0.133. The molecule has 0 saturated heterocycles. The maximum absolute atomic E-state index is 13.2. The van der Waals surface area contributed by atoms with E-state index >= 15 is 0 Å². The minimum Gasteiger partial charge on any atom is -0.495 e. The predicted molar refractivity (Wildman–Crippen MR) is 127 cm³/mol. The maximum Gasteiger partial charge on any atom is 0.339 e. The molecule has 1 aliphatic heterocycles. The number of nitrogens with one attached hydrogen (secondary N) is 2. The van der Waals surface area contributed by atoms with E-state index in [0.717, 1.165) is 10.5 Å². The van der Waals surface area contributed by atoms with Crippen LogP contribution < -0.4 is 15.4 Å². The second kappa shape index (κ2) is 9.79. The number of hydrogen-bond donors (Lipinski definition) is 2. The first-order chi connectivity index (χ1) is 15.9. The molecule has 0 spiro atoms. The molecule has 2 N–H and O–H groups in total. The molecule has 4 rings (SSSR count). The van der Waals surface area contributed by atoms with Gasteiger partial charge in [0.2, 0.25) is 12.0 Å². The number of hydrogen-bond acceptors (Lipinski definition) is 6. The van der Waals surface area contributed by atoms with Gasteiger partial charge in [-0.15, -0.1) is 11.8 Å². The Balaban J connectivity index is 1.60. The lowest BCUT2D eigenvalue weighted by Crippen LogP contribution is -2.26. The monoisotopic (exact) mass is 462 g/mol. The molecule has 0 fully saturated rings. The summed E-state index contributed by atoms with van der Waals surface area (Å²) in [5.74, 6) is -0.500.